The van der Waals surface area contributed by atoms with Crippen LogP contribution in [-0.4, -0.2) is 46.2 Å². The third-order valence-corrected chi connectivity index (χ3v) is 2.76. The second-order valence-electron chi connectivity index (χ2n) is 5.11. The highest BCUT2D eigenvalue weighted by atomic mass is 32.2. The van der Waals surface area contributed by atoms with Crippen molar-refractivity contribution in [2.75, 3.05) is 18.1 Å². The maximum atomic E-state index is 11.3. The minimum atomic E-state index is -0.935. The molecule has 5 nitrogen and oxygen atoms in total. The molecule has 3 N–H and O–H groups in total. The Kier molecular flexibility index (Phi) is 7.22. The predicted octanol–water partition coefficient (Wildman–Crippen LogP) is 0.717. The number of hydrogen-bond donors (Lipinski definition) is 3. The molecular weight excluding hydrogens is 242 g/mol. The number of rotatable bonds is 7. The normalized spacial score (nSPS) is 13.2. The zero-order valence-corrected chi connectivity index (χ0v) is 11.3. The molecule has 0 aromatic carbocycles. The Morgan fingerprint density at radius 3 is 2.35 bits per heavy atom. The van der Waals surface area contributed by atoms with Crippen LogP contribution in [0.3, 0.4) is 0 Å². The van der Waals surface area contributed by atoms with E-state index in [0.717, 1.165) is 11.8 Å². The Bertz CT molecular complexity index is 263. The number of nitrogens with one attached hydrogen (secondary N) is 1. The van der Waals surface area contributed by atoms with Gasteiger partial charge in [0.15, 0.2) is 0 Å². The van der Waals surface area contributed by atoms with Gasteiger partial charge in [-0.2, -0.15) is 0 Å². The molecule has 0 heterocycles. The highest BCUT2D eigenvalue weighted by molar-refractivity contribution is 8.00. The minimum absolute atomic E-state index is 0.0161. The Morgan fingerprint density at radius 2 is 1.88 bits per heavy atom. The van der Waals surface area contributed by atoms with Gasteiger partial charge in [0.2, 0.25) is 5.91 Å². The van der Waals surface area contributed by atoms with Gasteiger partial charge in [0.05, 0.1) is 17.6 Å². The molecule has 100 valence electrons. The molecule has 0 saturated carbocycles. The fourth-order valence-corrected chi connectivity index (χ4v) is 1.86. The van der Waals surface area contributed by atoms with Crippen LogP contribution in [0.15, 0.2) is 0 Å². The standard InChI is InChI=1S/C11H21NO4S/c1-11(2,3)4-8(13)5-12-9(14)6-17-7-10(15)16/h8,13H,4-7H2,1-3H3,(H,12,14)(H,15,16). The molecular formula is C11H21NO4S. The highest BCUT2D eigenvalue weighted by Gasteiger charge is 2.17. The molecule has 0 aromatic rings. The summed E-state index contributed by atoms with van der Waals surface area (Å²) in [4.78, 5) is 21.5. The van der Waals surface area contributed by atoms with Gasteiger partial charge in [0, 0.05) is 6.54 Å². The van der Waals surface area contributed by atoms with Crippen LogP contribution in [0.2, 0.25) is 0 Å². The van der Waals surface area contributed by atoms with Crippen LogP contribution < -0.4 is 5.32 Å². The molecule has 0 rings (SSSR count). The summed E-state index contributed by atoms with van der Waals surface area (Å²) in [6.45, 7) is 6.26. The van der Waals surface area contributed by atoms with E-state index >= 15 is 0 Å². The first kappa shape index (κ1) is 16.2. The van der Waals surface area contributed by atoms with Crippen LogP contribution in [0.5, 0.6) is 0 Å². The summed E-state index contributed by atoms with van der Waals surface area (Å²) in [6, 6.07) is 0. The van der Waals surface area contributed by atoms with Crippen molar-refractivity contribution in [2.45, 2.75) is 33.3 Å². The average Bonchev–Trinajstić information content (AvgIpc) is 2.11. The Hall–Kier alpha value is -0.750. The van der Waals surface area contributed by atoms with Gasteiger partial charge < -0.3 is 15.5 Å². The van der Waals surface area contributed by atoms with Crippen molar-refractivity contribution in [1.29, 1.82) is 0 Å². The fraction of sp³-hybridized carbons (Fsp3) is 0.818. The number of thioether (sulfide) groups is 1. The van der Waals surface area contributed by atoms with Crippen molar-refractivity contribution in [3.63, 3.8) is 0 Å². The molecule has 0 radical (unpaired) electrons. The van der Waals surface area contributed by atoms with Crippen LogP contribution >= 0.6 is 11.8 Å². The largest absolute Gasteiger partial charge is 0.481 e. The quantitative estimate of drug-likeness (QED) is 0.630. The number of carboxylic acid groups (broad SMARTS) is 1. The number of aliphatic hydroxyl groups is 1. The van der Waals surface area contributed by atoms with E-state index in [0.29, 0.717) is 6.42 Å². The summed E-state index contributed by atoms with van der Waals surface area (Å²) in [5, 5.41) is 20.6. The van der Waals surface area contributed by atoms with Crippen LogP contribution in [0, 0.1) is 5.41 Å². The SMILES string of the molecule is CC(C)(C)CC(O)CNC(=O)CSCC(=O)O. The highest BCUT2D eigenvalue weighted by Crippen LogP contribution is 2.20. The topological polar surface area (TPSA) is 86.6 Å². The average molecular weight is 263 g/mol. The molecule has 0 aliphatic heterocycles. The third kappa shape index (κ3) is 11.5. The summed E-state index contributed by atoms with van der Waals surface area (Å²) in [5.74, 6) is -1.16. The van der Waals surface area contributed by atoms with E-state index in [1.807, 2.05) is 20.8 Å². The molecule has 1 unspecified atom stereocenters. The third-order valence-electron chi connectivity index (χ3n) is 1.84. The van der Waals surface area contributed by atoms with Gasteiger partial charge in [0.25, 0.3) is 0 Å². The second kappa shape index (κ2) is 7.55. The molecule has 0 bridgehead atoms. The molecule has 6 heteroatoms. The molecule has 0 aliphatic rings. The van der Waals surface area contributed by atoms with Crippen LogP contribution in [0.25, 0.3) is 0 Å². The van der Waals surface area contributed by atoms with Crippen LogP contribution in [-0.2, 0) is 9.59 Å². The number of aliphatic hydroxyl groups excluding tert-OH is 1. The monoisotopic (exact) mass is 263 g/mol. The number of carbonyl (C=O) groups is 2. The van der Waals surface area contributed by atoms with Crippen LogP contribution in [0.1, 0.15) is 27.2 Å². The molecule has 0 aromatic heterocycles. The Balaban J connectivity index is 3.66. The maximum Gasteiger partial charge on any atom is 0.313 e. The number of carboxylic acids is 1. The van der Waals surface area contributed by atoms with E-state index < -0.39 is 12.1 Å². The molecule has 1 amide bonds. The van der Waals surface area contributed by atoms with E-state index in [9.17, 15) is 14.7 Å². The first-order valence-electron chi connectivity index (χ1n) is 5.45. The van der Waals surface area contributed by atoms with Gasteiger partial charge in [-0.15, -0.1) is 11.8 Å². The molecule has 0 aliphatic carbocycles. The zero-order valence-electron chi connectivity index (χ0n) is 10.5. The van der Waals surface area contributed by atoms with Gasteiger partial charge in [-0.25, -0.2) is 0 Å². The Labute approximate surface area is 106 Å². The minimum Gasteiger partial charge on any atom is -0.481 e. The van der Waals surface area contributed by atoms with Crippen molar-refractivity contribution in [1.82, 2.24) is 5.32 Å². The second-order valence-corrected chi connectivity index (χ2v) is 6.09. The van der Waals surface area contributed by atoms with Gasteiger partial charge in [0.1, 0.15) is 0 Å². The smallest absolute Gasteiger partial charge is 0.313 e. The van der Waals surface area contributed by atoms with Gasteiger partial charge in [-0.1, -0.05) is 20.8 Å². The summed E-state index contributed by atoms with van der Waals surface area (Å²) in [7, 11) is 0. The summed E-state index contributed by atoms with van der Waals surface area (Å²) in [5.41, 5.74) is 0.0161. The summed E-state index contributed by atoms with van der Waals surface area (Å²) < 4.78 is 0. The number of hydrogen-bond acceptors (Lipinski definition) is 4. The van der Waals surface area contributed by atoms with Crippen molar-refractivity contribution >= 4 is 23.6 Å². The molecule has 17 heavy (non-hydrogen) atoms. The van der Waals surface area contributed by atoms with E-state index in [2.05, 4.69) is 5.32 Å². The number of amides is 1. The van der Waals surface area contributed by atoms with Crippen molar-refractivity contribution in [2.24, 2.45) is 5.41 Å². The van der Waals surface area contributed by atoms with Gasteiger partial charge in [-0.05, 0) is 11.8 Å². The summed E-state index contributed by atoms with van der Waals surface area (Å²) >= 11 is 1.04. The molecule has 1 atom stereocenters. The van der Waals surface area contributed by atoms with Crippen molar-refractivity contribution in [3.05, 3.63) is 0 Å². The van der Waals surface area contributed by atoms with E-state index in [4.69, 9.17) is 5.11 Å². The first-order valence-corrected chi connectivity index (χ1v) is 6.60. The first-order chi connectivity index (χ1) is 7.70. The van der Waals surface area contributed by atoms with Crippen molar-refractivity contribution in [3.8, 4) is 0 Å². The Morgan fingerprint density at radius 1 is 1.29 bits per heavy atom. The lowest BCUT2D eigenvalue weighted by Gasteiger charge is -2.22. The predicted molar refractivity (Wildman–Crippen MR) is 68.0 cm³/mol. The lowest BCUT2D eigenvalue weighted by molar-refractivity contribution is -0.133. The lowest BCUT2D eigenvalue weighted by Crippen LogP contribution is -2.35. The van der Waals surface area contributed by atoms with Crippen molar-refractivity contribution < 1.29 is 19.8 Å². The van der Waals surface area contributed by atoms with E-state index in [1.165, 1.54) is 0 Å². The van der Waals surface area contributed by atoms with Gasteiger partial charge in [-0.3, -0.25) is 9.59 Å². The number of carbonyl (C=O) groups excluding carboxylic acids is 1. The van der Waals surface area contributed by atoms with E-state index in [1.54, 1.807) is 0 Å². The molecule has 0 saturated heterocycles. The van der Waals surface area contributed by atoms with Crippen LogP contribution in [0.4, 0.5) is 0 Å². The number of aliphatic carboxylic acids is 1. The lowest BCUT2D eigenvalue weighted by atomic mass is 9.89. The summed E-state index contributed by atoms with van der Waals surface area (Å²) in [6.07, 6.45) is 0.0404. The maximum absolute atomic E-state index is 11.3. The molecule has 0 fully saturated rings. The van der Waals surface area contributed by atoms with E-state index in [-0.39, 0.29) is 29.4 Å². The molecule has 0 spiro atoms. The zero-order chi connectivity index (χ0) is 13.5. The van der Waals surface area contributed by atoms with Gasteiger partial charge >= 0.3 is 5.97 Å². The fourth-order valence-electron chi connectivity index (χ4n) is 1.29.